The molecule has 1 aromatic heterocycles. The quantitative estimate of drug-likeness (QED) is 0.542. The van der Waals surface area contributed by atoms with E-state index >= 15 is 0 Å². The van der Waals surface area contributed by atoms with E-state index in [-0.39, 0.29) is 10.6 Å². The van der Waals surface area contributed by atoms with E-state index < -0.39 is 22.0 Å². The summed E-state index contributed by atoms with van der Waals surface area (Å²) in [5.74, 6) is 0.0732. The third kappa shape index (κ3) is 5.66. The third-order valence-electron chi connectivity index (χ3n) is 4.10. The second-order valence-corrected chi connectivity index (χ2v) is 9.10. The zero-order chi connectivity index (χ0) is 20.7. The summed E-state index contributed by atoms with van der Waals surface area (Å²) in [5, 5.41) is 4.48. The van der Waals surface area contributed by atoms with Crippen molar-refractivity contribution in [3.63, 3.8) is 0 Å². The number of ether oxygens (including phenoxy) is 1. The van der Waals surface area contributed by atoms with Crippen molar-refractivity contribution in [2.45, 2.75) is 23.6 Å². The first kappa shape index (κ1) is 21.0. The maximum atomic E-state index is 13.0. The molecule has 0 aliphatic carbocycles. The molecular formula is C21H22N2O4S2. The average molecular weight is 431 g/mol. The van der Waals surface area contributed by atoms with Crippen molar-refractivity contribution < 1.29 is 17.9 Å². The molecular weight excluding hydrogens is 408 g/mol. The van der Waals surface area contributed by atoms with Crippen LogP contribution in [0.15, 0.2) is 76.3 Å². The van der Waals surface area contributed by atoms with Crippen molar-refractivity contribution in [3.05, 3.63) is 77.7 Å². The fourth-order valence-corrected chi connectivity index (χ4v) is 4.98. The number of benzene rings is 2. The molecule has 0 aliphatic heterocycles. The number of sulfonamides is 1. The molecule has 1 unspecified atom stereocenters. The molecule has 0 bridgehead atoms. The minimum atomic E-state index is -3.82. The first-order valence-electron chi connectivity index (χ1n) is 9.12. The Morgan fingerprint density at radius 2 is 1.76 bits per heavy atom. The van der Waals surface area contributed by atoms with Gasteiger partial charge in [-0.05, 0) is 42.5 Å². The molecule has 152 valence electrons. The molecule has 1 heterocycles. The van der Waals surface area contributed by atoms with Crippen molar-refractivity contribution in [2.24, 2.45) is 0 Å². The maximum Gasteiger partial charge on any atom is 0.250 e. The van der Waals surface area contributed by atoms with E-state index in [1.54, 1.807) is 29.6 Å². The van der Waals surface area contributed by atoms with Gasteiger partial charge in [-0.15, -0.1) is 11.3 Å². The molecule has 2 N–H and O–H groups in total. The Morgan fingerprint density at radius 1 is 1.03 bits per heavy atom. The number of carbonyl (C=O) groups is 1. The van der Waals surface area contributed by atoms with Crippen LogP contribution in [0, 0.1) is 0 Å². The number of anilines is 1. The number of para-hydroxylation sites is 2. The van der Waals surface area contributed by atoms with Gasteiger partial charge in [-0.2, -0.15) is 4.72 Å². The standard InChI is InChI=1S/C21H22N2O4S2/c1-2-27-19-12-7-6-11-17(19)22-21(24)18(15-16-9-4-3-5-10-16)23-29(25,26)20-13-8-14-28-20/h3-14,18,23H,2,15H2,1H3,(H,22,24). The number of hydrogen-bond acceptors (Lipinski definition) is 5. The van der Waals surface area contributed by atoms with Crippen LogP contribution in [0.5, 0.6) is 5.75 Å². The Balaban J connectivity index is 1.85. The summed E-state index contributed by atoms with van der Waals surface area (Å²) in [6.07, 6.45) is 0.216. The smallest absolute Gasteiger partial charge is 0.250 e. The molecule has 29 heavy (non-hydrogen) atoms. The van der Waals surface area contributed by atoms with Gasteiger partial charge in [0.1, 0.15) is 16.0 Å². The van der Waals surface area contributed by atoms with Gasteiger partial charge < -0.3 is 10.1 Å². The first-order chi connectivity index (χ1) is 14.0. The zero-order valence-electron chi connectivity index (χ0n) is 15.9. The van der Waals surface area contributed by atoms with E-state index in [0.29, 0.717) is 18.0 Å². The van der Waals surface area contributed by atoms with E-state index in [4.69, 9.17) is 4.74 Å². The molecule has 1 atom stereocenters. The Kier molecular flexibility index (Phi) is 7.03. The van der Waals surface area contributed by atoms with Gasteiger partial charge in [0.25, 0.3) is 10.0 Å². The number of hydrogen-bond donors (Lipinski definition) is 2. The van der Waals surface area contributed by atoms with Gasteiger partial charge in [-0.1, -0.05) is 48.5 Å². The van der Waals surface area contributed by atoms with Crippen molar-refractivity contribution in [1.82, 2.24) is 4.72 Å². The molecule has 3 aromatic rings. The maximum absolute atomic E-state index is 13.0. The van der Waals surface area contributed by atoms with Crippen molar-refractivity contribution in [3.8, 4) is 5.75 Å². The Bertz CT molecular complexity index is 1040. The highest BCUT2D eigenvalue weighted by Crippen LogP contribution is 2.24. The monoisotopic (exact) mass is 430 g/mol. The van der Waals surface area contributed by atoms with Crippen LogP contribution in [0.25, 0.3) is 0 Å². The summed E-state index contributed by atoms with van der Waals surface area (Å²) in [6, 6.07) is 18.5. The lowest BCUT2D eigenvalue weighted by Crippen LogP contribution is -2.45. The van der Waals surface area contributed by atoms with Crippen LogP contribution in [-0.4, -0.2) is 27.0 Å². The van der Waals surface area contributed by atoms with Crippen LogP contribution in [0.1, 0.15) is 12.5 Å². The second-order valence-electron chi connectivity index (χ2n) is 6.21. The molecule has 0 saturated carbocycles. The number of carbonyl (C=O) groups excluding carboxylic acids is 1. The van der Waals surface area contributed by atoms with Crippen LogP contribution in [0.3, 0.4) is 0 Å². The number of nitrogens with one attached hydrogen (secondary N) is 2. The van der Waals surface area contributed by atoms with E-state index in [0.717, 1.165) is 16.9 Å². The van der Waals surface area contributed by atoms with Crippen LogP contribution in [-0.2, 0) is 21.2 Å². The zero-order valence-corrected chi connectivity index (χ0v) is 17.5. The number of rotatable bonds is 9. The number of thiophene rings is 1. The van der Waals surface area contributed by atoms with Gasteiger partial charge in [0.15, 0.2) is 0 Å². The van der Waals surface area contributed by atoms with E-state index in [9.17, 15) is 13.2 Å². The summed E-state index contributed by atoms with van der Waals surface area (Å²) < 4.78 is 33.7. The van der Waals surface area contributed by atoms with E-state index in [1.807, 2.05) is 43.3 Å². The predicted molar refractivity (Wildman–Crippen MR) is 115 cm³/mol. The highest BCUT2D eigenvalue weighted by molar-refractivity contribution is 7.91. The van der Waals surface area contributed by atoms with Crippen LogP contribution in [0.4, 0.5) is 5.69 Å². The lowest BCUT2D eigenvalue weighted by atomic mass is 10.1. The largest absolute Gasteiger partial charge is 0.492 e. The third-order valence-corrected chi connectivity index (χ3v) is 6.97. The number of amides is 1. The molecule has 6 nitrogen and oxygen atoms in total. The molecule has 0 fully saturated rings. The minimum absolute atomic E-state index is 0.165. The summed E-state index contributed by atoms with van der Waals surface area (Å²) in [6.45, 7) is 2.30. The van der Waals surface area contributed by atoms with Crippen molar-refractivity contribution in [2.75, 3.05) is 11.9 Å². The molecule has 3 rings (SSSR count). The van der Waals surface area contributed by atoms with Crippen LogP contribution >= 0.6 is 11.3 Å². The Morgan fingerprint density at radius 3 is 2.45 bits per heavy atom. The average Bonchev–Trinajstić information content (AvgIpc) is 3.26. The topological polar surface area (TPSA) is 84.5 Å². The van der Waals surface area contributed by atoms with Gasteiger partial charge in [0, 0.05) is 0 Å². The van der Waals surface area contributed by atoms with Gasteiger partial charge in [0.2, 0.25) is 5.91 Å². The van der Waals surface area contributed by atoms with Gasteiger partial charge in [-0.25, -0.2) is 8.42 Å². The minimum Gasteiger partial charge on any atom is -0.492 e. The summed E-state index contributed by atoms with van der Waals surface area (Å²) in [7, 11) is -3.82. The summed E-state index contributed by atoms with van der Waals surface area (Å²) in [5.41, 5.74) is 1.34. The fourth-order valence-electron chi connectivity index (χ4n) is 2.77. The van der Waals surface area contributed by atoms with Gasteiger partial charge in [0.05, 0.1) is 12.3 Å². The SMILES string of the molecule is CCOc1ccccc1NC(=O)C(Cc1ccccc1)NS(=O)(=O)c1cccs1. The van der Waals surface area contributed by atoms with Crippen molar-refractivity contribution in [1.29, 1.82) is 0 Å². The van der Waals surface area contributed by atoms with Crippen LogP contribution < -0.4 is 14.8 Å². The molecule has 0 radical (unpaired) electrons. The van der Waals surface area contributed by atoms with E-state index in [1.165, 1.54) is 6.07 Å². The molecule has 0 spiro atoms. The second kappa shape index (κ2) is 9.69. The molecule has 2 aromatic carbocycles. The predicted octanol–water partition coefficient (Wildman–Crippen LogP) is 3.68. The summed E-state index contributed by atoms with van der Waals surface area (Å²) in [4.78, 5) is 13.0. The van der Waals surface area contributed by atoms with Gasteiger partial charge in [-0.3, -0.25) is 4.79 Å². The molecule has 0 aliphatic rings. The fraction of sp³-hybridized carbons (Fsp3) is 0.190. The lowest BCUT2D eigenvalue weighted by Gasteiger charge is -2.19. The normalized spacial score (nSPS) is 12.3. The van der Waals surface area contributed by atoms with Crippen molar-refractivity contribution >= 4 is 33.0 Å². The first-order valence-corrected chi connectivity index (χ1v) is 11.5. The van der Waals surface area contributed by atoms with Gasteiger partial charge >= 0.3 is 0 Å². The highest BCUT2D eigenvalue weighted by atomic mass is 32.2. The summed E-state index contributed by atoms with van der Waals surface area (Å²) >= 11 is 1.10. The molecule has 8 heteroatoms. The highest BCUT2D eigenvalue weighted by Gasteiger charge is 2.27. The molecule has 1 amide bonds. The lowest BCUT2D eigenvalue weighted by molar-refractivity contribution is -0.117. The molecule has 0 saturated heterocycles. The van der Waals surface area contributed by atoms with E-state index in [2.05, 4.69) is 10.0 Å². The Labute approximate surface area is 174 Å². The Hall–Kier alpha value is -2.68. The van der Waals surface area contributed by atoms with Crippen LogP contribution in [0.2, 0.25) is 0 Å².